The van der Waals surface area contributed by atoms with E-state index in [1.54, 1.807) is 11.7 Å². The Kier molecular flexibility index (Phi) is 6.31. The summed E-state index contributed by atoms with van der Waals surface area (Å²) in [7, 11) is 1.62. The zero-order valence-electron chi connectivity index (χ0n) is 16.2. The molecular formula is C20H26N4O3S. The molecule has 0 unspecified atom stereocenters. The van der Waals surface area contributed by atoms with E-state index in [0.717, 1.165) is 42.6 Å². The molecule has 28 heavy (non-hydrogen) atoms. The second kappa shape index (κ2) is 8.70. The maximum absolute atomic E-state index is 12.5. The molecule has 0 aliphatic heterocycles. The highest BCUT2D eigenvalue weighted by Crippen LogP contribution is 2.28. The minimum absolute atomic E-state index is 0.00419. The fourth-order valence-corrected chi connectivity index (χ4v) is 3.69. The Morgan fingerprint density at radius 3 is 2.79 bits per heavy atom. The van der Waals surface area contributed by atoms with Crippen LogP contribution in [0.1, 0.15) is 31.7 Å². The van der Waals surface area contributed by atoms with E-state index in [1.165, 1.54) is 6.07 Å². The van der Waals surface area contributed by atoms with Crippen molar-refractivity contribution in [1.29, 1.82) is 0 Å². The maximum Gasteiger partial charge on any atom is 0.252 e. The van der Waals surface area contributed by atoms with Crippen LogP contribution in [0.3, 0.4) is 0 Å². The lowest BCUT2D eigenvalue weighted by atomic mass is 9.87. The first-order chi connectivity index (χ1) is 13.4. The van der Waals surface area contributed by atoms with Crippen molar-refractivity contribution in [3.63, 3.8) is 0 Å². The zero-order chi connectivity index (χ0) is 20.3. The molecule has 1 amide bonds. The molecule has 150 valence electrons. The standard InChI is InChI=1S/C20H26N4O3S/c1-3-4-12-9-13(27-2)5-6-14(12)17-10-18(25)23-20(28)24(17)11-19(26)22-16-8-7-15(16)21/h5-6,9-10,15-16H,3-4,7-8,11,21H2,1-2H3,(H,22,26)(H,23,25,28)/t15-,16-/m1/s1. The van der Waals surface area contributed by atoms with Crippen molar-refractivity contribution in [1.82, 2.24) is 14.9 Å². The number of benzene rings is 1. The molecule has 0 saturated heterocycles. The van der Waals surface area contributed by atoms with Gasteiger partial charge in [-0.3, -0.25) is 14.6 Å². The lowest BCUT2D eigenvalue weighted by molar-refractivity contribution is -0.123. The van der Waals surface area contributed by atoms with E-state index >= 15 is 0 Å². The number of carbonyl (C=O) groups excluding carboxylic acids is 1. The van der Waals surface area contributed by atoms with Gasteiger partial charge in [-0.05, 0) is 55.2 Å². The van der Waals surface area contributed by atoms with Crippen LogP contribution < -0.4 is 21.3 Å². The number of aromatic amines is 1. The fourth-order valence-electron chi connectivity index (χ4n) is 3.42. The van der Waals surface area contributed by atoms with Crippen LogP contribution in [-0.2, 0) is 17.8 Å². The number of aromatic nitrogens is 2. The van der Waals surface area contributed by atoms with Gasteiger partial charge in [0.25, 0.3) is 5.56 Å². The summed E-state index contributed by atoms with van der Waals surface area (Å²) in [6.45, 7) is 2.11. The minimum Gasteiger partial charge on any atom is -0.497 e. The first-order valence-electron chi connectivity index (χ1n) is 9.49. The van der Waals surface area contributed by atoms with Crippen molar-refractivity contribution in [2.45, 2.75) is 51.2 Å². The lowest BCUT2D eigenvalue weighted by Crippen LogP contribution is -2.55. The van der Waals surface area contributed by atoms with Crippen molar-refractivity contribution >= 4 is 18.1 Å². The highest BCUT2D eigenvalue weighted by Gasteiger charge is 2.28. The number of H-pyrrole nitrogens is 1. The quantitative estimate of drug-likeness (QED) is 0.616. The second-order valence-electron chi connectivity index (χ2n) is 7.10. The van der Waals surface area contributed by atoms with E-state index in [0.29, 0.717) is 5.69 Å². The van der Waals surface area contributed by atoms with E-state index in [2.05, 4.69) is 17.2 Å². The Hall–Kier alpha value is -2.45. The zero-order valence-corrected chi connectivity index (χ0v) is 17.0. The predicted molar refractivity (Wildman–Crippen MR) is 111 cm³/mol. The molecule has 2 aromatic rings. The largest absolute Gasteiger partial charge is 0.497 e. The number of methoxy groups -OCH3 is 1. The van der Waals surface area contributed by atoms with Gasteiger partial charge in [0.15, 0.2) is 4.77 Å². The van der Waals surface area contributed by atoms with Crippen LogP contribution in [0.4, 0.5) is 0 Å². The molecule has 0 radical (unpaired) electrons. The number of nitrogens with two attached hydrogens (primary N) is 1. The highest BCUT2D eigenvalue weighted by molar-refractivity contribution is 7.71. The van der Waals surface area contributed by atoms with E-state index in [-0.39, 0.29) is 34.9 Å². The average molecular weight is 403 g/mol. The molecule has 1 fully saturated rings. The summed E-state index contributed by atoms with van der Waals surface area (Å²) < 4.78 is 7.22. The topological polar surface area (TPSA) is 102 Å². The van der Waals surface area contributed by atoms with Gasteiger partial charge in [0.1, 0.15) is 12.3 Å². The Bertz CT molecular complexity index is 982. The molecule has 1 saturated carbocycles. The fraction of sp³-hybridized carbons (Fsp3) is 0.450. The summed E-state index contributed by atoms with van der Waals surface area (Å²) in [5.74, 6) is 0.578. The van der Waals surface area contributed by atoms with Crippen LogP contribution in [-0.4, -0.2) is 34.7 Å². The number of carbonyl (C=O) groups is 1. The summed E-state index contributed by atoms with van der Waals surface area (Å²) in [6, 6.07) is 7.20. The number of nitrogens with zero attached hydrogens (tertiary/aromatic N) is 1. The third-order valence-corrected chi connectivity index (χ3v) is 5.44. The molecule has 1 aromatic carbocycles. The summed E-state index contributed by atoms with van der Waals surface area (Å²) in [5, 5.41) is 2.95. The number of rotatable bonds is 7. The van der Waals surface area contributed by atoms with Crippen molar-refractivity contribution in [2.75, 3.05) is 7.11 Å². The Labute approximate surface area is 168 Å². The van der Waals surface area contributed by atoms with Gasteiger partial charge >= 0.3 is 0 Å². The average Bonchev–Trinajstić information content (AvgIpc) is 2.67. The molecule has 1 heterocycles. The van der Waals surface area contributed by atoms with E-state index in [9.17, 15) is 9.59 Å². The SMILES string of the molecule is CCCc1cc(OC)ccc1-c1cc(=O)[nH]c(=S)n1CC(=O)N[C@@H]1CC[C@H]1N. The van der Waals surface area contributed by atoms with E-state index < -0.39 is 0 Å². The van der Waals surface area contributed by atoms with Gasteiger partial charge in [0.2, 0.25) is 5.91 Å². The monoisotopic (exact) mass is 402 g/mol. The third-order valence-electron chi connectivity index (χ3n) is 5.12. The summed E-state index contributed by atoms with van der Waals surface area (Å²) in [6.07, 6.45) is 3.55. The molecule has 4 N–H and O–H groups in total. The van der Waals surface area contributed by atoms with Crippen LogP contribution in [0.5, 0.6) is 5.75 Å². The predicted octanol–water partition coefficient (Wildman–Crippen LogP) is 2.14. The molecule has 0 spiro atoms. The van der Waals surface area contributed by atoms with Crippen LogP contribution in [0, 0.1) is 4.77 Å². The molecular weight excluding hydrogens is 376 g/mol. The smallest absolute Gasteiger partial charge is 0.252 e. The summed E-state index contributed by atoms with van der Waals surface area (Å²) >= 11 is 5.36. The van der Waals surface area contributed by atoms with Gasteiger partial charge in [-0.25, -0.2) is 0 Å². The molecule has 2 atom stereocenters. The maximum atomic E-state index is 12.5. The van der Waals surface area contributed by atoms with Gasteiger partial charge in [0.05, 0.1) is 12.8 Å². The van der Waals surface area contributed by atoms with E-state index in [4.69, 9.17) is 22.7 Å². The number of ether oxygens (including phenoxy) is 1. The molecule has 7 nitrogen and oxygen atoms in total. The number of aryl methyl sites for hydroxylation is 1. The number of hydrogen-bond acceptors (Lipinski definition) is 5. The van der Waals surface area contributed by atoms with Gasteiger partial charge in [0, 0.05) is 23.7 Å². The van der Waals surface area contributed by atoms with Crippen molar-refractivity contribution in [3.8, 4) is 17.0 Å². The first-order valence-corrected chi connectivity index (χ1v) is 9.90. The Morgan fingerprint density at radius 1 is 1.39 bits per heavy atom. The minimum atomic E-state index is -0.295. The lowest BCUT2D eigenvalue weighted by Gasteiger charge is -2.34. The van der Waals surface area contributed by atoms with Crippen molar-refractivity contribution in [3.05, 3.63) is 45.0 Å². The highest BCUT2D eigenvalue weighted by atomic mass is 32.1. The normalized spacial score (nSPS) is 18.4. The van der Waals surface area contributed by atoms with Crippen molar-refractivity contribution < 1.29 is 9.53 Å². The van der Waals surface area contributed by atoms with Crippen molar-refractivity contribution in [2.24, 2.45) is 5.73 Å². The number of nitrogens with one attached hydrogen (secondary N) is 2. The summed E-state index contributed by atoms with van der Waals surface area (Å²) in [4.78, 5) is 27.3. The third kappa shape index (κ3) is 4.34. The Balaban J connectivity index is 2.00. The molecule has 0 bridgehead atoms. The molecule has 1 aliphatic rings. The molecule has 3 rings (SSSR count). The molecule has 8 heteroatoms. The summed E-state index contributed by atoms with van der Waals surface area (Å²) in [5.41, 5.74) is 8.14. The molecule has 1 aromatic heterocycles. The number of amides is 1. The van der Waals surface area contributed by atoms with Crippen LogP contribution in [0.15, 0.2) is 29.1 Å². The Morgan fingerprint density at radius 2 is 2.18 bits per heavy atom. The van der Waals surface area contributed by atoms with Crippen LogP contribution >= 0.6 is 12.2 Å². The van der Waals surface area contributed by atoms with Crippen LogP contribution in [0.2, 0.25) is 0 Å². The van der Waals surface area contributed by atoms with E-state index in [1.807, 2.05) is 18.2 Å². The van der Waals surface area contributed by atoms with Gasteiger partial charge in [-0.1, -0.05) is 13.3 Å². The van der Waals surface area contributed by atoms with Gasteiger partial charge < -0.3 is 20.4 Å². The van der Waals surface area contributed by atoms with Crippen LogP contribution in [0.25, 0.3) is 11.3 Å². The molecule has 1 aliphatic carbocycles. The van der Waals surface area contributed by atoms with Gasteiger partial charge in [-0.2, -0.15) is 0 Å². The first kappa shape index (κ1) is 20.3. The number of hydrogen-bond donors (Lipinski definition) is 3. The second-order valence-corrected chi connectivity index (χ2v) is 7.49. The van der Waals surface area contributed by atoms with Gasteiger partial charge in [-0.15, -0.1) is 0 Å².